The quantitative estimate of drug-likeness (QED) is 0.772. The van der Waals surface area contributed by atoms with E-state index in [9.17, 15) is 0 Å². The maximum absolute atomic E-state index is 3.77. The summed E-state index contributed by atoms with van der Waals surface area (Å²) in [6.07, 6.45) is 8.59. The first-order valence-corrected chi connectivity index (χ1v) is 7.26. The second-order valence-corrected chi connectivity index (χ2v) is 6.37. The molecule has 2 nitrogen and oxygen atoms in total. The van der Waals surface area contributed by atoms with Crippen molar-refractivity contribution in [2.75, 3.05) is 6.54 Å². The smallest absolute Gasteiger partial charge is 0.0111 e. The second kappa shape index (κ2) is 4.30. The molecule has 2 heteroatoms. The molecule has 0 saturated carbocycles. The molecule has 3 heterocycles. The van der Waals surface area contributed by atoms with Crippen molar-refractivity contribution in [1.82, 2.24) is 10.2 Å². The van der Waals surface area contributed by atoms with Crippen molar-refractivity contribution in [3.05, 3.63) is 0 Å². The summed E-state index contributed by atoms with van der Waals surface area (Å²) in [6.45, 7) is 6.21. The number of hydrogen-bond acceptors (Lipinski definition) is 2. The number of likely N-dealkylation sites (tertiary alicyclic amines) is 1. The Morgan fingerprint density at radius 2 is 1.81 bits per heavy atom. The average molecular weight is 222 g/mol. The van der Waals surface area contributed by atoms with E-state index < -0.39 is 0 Å². The fourth-order valence-corrected chi connectivity index (χ4v) is 4.24. The van der Waals surface area contributed by atoms with Crippen LogP contribution < -0.4 is 5.32 Å². The molecule has 0 radical (unpaired) electrons. The highest BCUT2D eigenvalue weighted by Gasteiger charge is 2.40. The van der Waals surface area contributed by atoms with Crippen molar-refractivity contribution in [3.63, 3.8) is 0 Å². The van der Waals surface area contributed by atoms with Gasteiger partial charge in [-0.15, -0.1) is 0 Å². The third kappa shape index (κ3) is 1.91. The molecule has 3 aliphatic heterocycles. The zero-order valence-corrected chi connectivity index (χ0v) is 10.8. The molecule has 2 bridgehead atoms. The van der Waals surface area contributed by atoms with Gasteiger partial charge in [0.15, 0.2) is 0 Å². The van der Waals surface area contributed by atoms with Gasteiger partial charge in [-0.05, 0) is 51.9 Å². The maximum atomic E-state index is 3.77. The van der Waals surface area contributed by atoms with E-state index in [4.69, 9.17) is 0 Å². The Morgan fingerprint density at radius 1 is 1.06 bits per heavy atom. The van der Waals surface area contributed by atoms with E-state index in [1.54, 1.807) is 0 Å². The van der Waals surface area contributed by atoms with E-state index in [1.807, 2.05) is 0 Å². The van der Waals surface area contributed by atoms with Crippen LogP contribution in [0.25, 0.3) is 0 Å². The third-order valence-corrected chi connectivity index (χ3v) is 5.25. The molecule has 1 N–H and O–H groups in total. The molecule has 16 heavy (non-hydrogen) atoms. The first-order valence-electron chi connectivity index (χ1n) is 7.26. The van der Waals surface area contributed by atoms with Crippen LogP contribution in [0.2, 0.25) is 0 Å². The van der Waals surface area contributed by atoms with Crippen molar-refractivity contribution in [2.24, 2.45) is 5.92 Å². The highest BCUT2D eigenvalue weighted by atomic mass is 15.2. The van der Waals surface area contributed by atoms with Gasteiger partial charge in [-0.2, -0.15) is 0 Å². The molecule has 0 aliphatic carbocycles. The zero-order valence-electron chi connectivity index (χ0n) is 10.8. The lowest BCUT2D eigenvalue weighted by atomic mass is 9.87. The van der Waals surface area contributed by atoms with Crippen molar-refractivity contribution in [2.45, 2.75) is 76.5 Å². The molecular formula is C14H26N2. The summed E-state index contributed by atoms with van der Waals surface area (Å²) in [7, 11) is 0. The van der Waals surface area contributed by atoms with Crippen molar-refractivity contribution >= 4 is 0 Å². The fraction of sp³-hybridized carbons (Fsp3) is 1.00. The van der Waals surface area contributed by atoms with Crippen LogP contribution in [-0.4, -0.2) is 35.6 Å². The van der Waals surface area contributed by atoms with Gasteiger partial charge in [0.2, 0.25) is 0 Å². The van der Waals surface area contributed by atoms with Gasteiger partial charge in [-0.25, -0.2) is 0 Å². The van der Waals surface area contributed by atoms with Crippen molar-refractivity contribution in [1.29, 1.82) is 0 Å². The molecule has 3 saturated heterocycles. The predicted molar refractivity (Wildman–Crippen MR) is 67.5 cm³/mol. The van der Waals surface area contributed by atoms with Gasteiger partial charge < -0.3 is 5.32 Å². The third-order valence-electron chi connectivity index (χ3n) is 5.25. The van der Waals surface area contributed by atoms with E-state index in [0.717, 1.165) is 30.1 Å². The minimum atomic E-state index is 0.822. The van der Waals surface area contributed by atoms with Gasteiger partial charge in [-0.3, -0.25) is 4.90 Å². The summed E-state index contributed by atoms with van der Waals surface area (Å²) in [5.74, 6) is 0.946. The molecule has 3 rings (SSSR count). The Kier molecular flexibility index (Phi) is 2.97. The van der Waals surface area contributed by atoms with E-state index in [2.05, 4.69) is 24.1 Å². The van der Waals surface area contributed by atoms with Crippen LogP contribution in [0.15, 0.2) is 0 Å². The summed E-state index contributed by atoms with van der Waals surface area (Å²) in [6, 6.07) is 3.36. The summed E-state index contributed by atoms with van der Waals surface area (Å²) < 4.78 is 0. The Labute approximate surface area is 99.8 Å². The molecule has 3 unspecified atom stereocenters. The first kappa shape index (κ1) is 11.0. The normalized spacial score (nSPS) is 48.8. The van der Waals surface area contributed by atoms with Crippen LogP contribution in [0.3, 0.4) is 0 Å². The van der Waals surface area contributed by atoms with Crippen LogP contribution in [0.1, 0.15) is 52.4 Å². The molecule has 0 spiro atoms. The van der Waals surface area contributed by atoms with Gasteiger partial charge >= 0.3 is 0 Å². The van der Waals surface area contributed by atoms with E-state index >= 15 is 0 Å². The predicted octanol–water partition coefficient (Wildman–Crippen LogP) is 2.39. The van der Waals surface area contributed by atoms with Gasteiger partial charge in [0.25, 0.3) is 0 Å². The number of piperidine rings is 1. The van der Waals surface area contributed by atoms with Crippen LogP contribution in [0.4, 0.5) is 0 Å². The molecule has 0 amide bonds. The molecule has 92 valence electrons. The number of fused-ring (bicyclic) bond motifs is 2. The summed E-state index contributed by atoms with van der Waals surface area (Å²) >= 11 is 0. The highest BCUT2D eigenvalue weighted by molar-refractivity contribution is 4.99. The molecule has 0 aromatic heterocycles. The van der Waals surface area contributed by atoms with E-state index in [1.165, 1.54) is 45.1 Å². The lowest BCUT2D eigenvalue weighted by Crippen LogP contribution is -2.47. The van der Waals surface area contributed by atoms with E-state index in [-0.39, 0.29) is 0 Å². The standard InChI is InChI=1S/C14H26N2/c1-10-4-3-5-11(2)16(10)9-12-8-13-6-7-14(12)15-13/h10-15H,3-9H2,1-2H3/t10-,11+,12?,13?,14?. The van der Waals surface area contributed by atoms with Gasteiger partial charge in [-0.1, -0.05) is 6.42 Å². The molecule has 5 atom stereocenters. The number of nitrogens with one attached hydrogen (secondary N) is 1. The van der Waals surface area contributed by atoms with Crippen LogP contribution in [0.5, 0.6) is 0 Å². The highest BCUT2D eigenvalue weighted by Crippen LogP contribution is 2.35. The van der Waals surface area contributed by atoms with Gasteiger partial charge in [0.1, 0.15) is 0 Å². The molecule has 3 aliphatic rings. The Hall–Kier alpha value is -0.0800. The molecule has 3 fully saturated rings. The first-order chi connectivity index (χ1) is 7.74. The van der Waals surface area contributed by atoms with Gasteiger partial charge in [0, 0.05) is 30.7 Å². The second-order valence-electron chi connectivity index (χ2n) is 6.37. The molecular weight excluding hydrogens is 196 g/mol. The van der Waals surface area contributed by atoms with Crippen molar-refractivity contribution < 1.29 is 0 Å². The Morgan fingerprint density at radius 3 is 2.38 bits per heavy atom. The minimum absolute atomic E-state index is 0.822. The summed E-state index contributed by atoms with van der Waals surface area (Å²) in [4.78, 5) is 2.79. The lowest BCUT2D eigenvalue weighted by molar-refractivity contribution is 0.0785. The number of rotatable bonds is 2. The number of nitrogens with zero attached hydrogens (tertiary/aromatic N) is 1. The molecule has 0 aromatic carbocycles. The fourth-order valence-electron chi connectivity index (χ4n) is 4.24. The Bertz CT molecular complexity index is 243. The Balaban J connectivity index is 1.60. The van der Waals surface area contributed by atoms with Gasteiger partial charge in [0.05, 0.1) is 0 Å². The van der Waals surface area contributed by atoms with Crippen molar-refractivity contribution in [3.8, 4) is 0 Å². The van der Waals surface area contributed by atoms with Crippen LogP contribution in [0, 0.1) is 5.92 Å². The lowest BCUT2D eigenvalue weighted by Gasteiger charge is -2.41. The summed E-state index contributed by atoms with van der Waals surface area (Å²) in [5.41, 5.74) is 0. The molecule has 0 aromatic rings. The van der Waals surface area contributed by atoms with E-state index in [0.29, 0.717) is 0 Å². The minimum Gasteiger partial charge on any atom is -0.311 e. The number of hydrogen-bond donors (Lipinski definition) is 1. The summed E-state index contributed by atoms with van der Waals surface area (Å²) in [5, 5.41) is 3.77. The average Bonchev–Trinajstić information content (AvgIpc) is 2.85. The SMILES string of the molecule is C[C@@H]1CCC[C@H](C)N1CC1CC2CCC1N2. The monoisotopic (exact) mass is 222 g/mol. The largest absolute Gasteiger partial charge is 0.311 e. The van der Waals surface area contributed by atoms with Crippen LogP contribution in [-0.2, 0) is 0 Å². The topological polar surface area (TPSA) is 15.3 Å². The zero-order chi connectivity index (χ0) is 11.1. The maximum Gasteiger partial charge on any atom is 0.0111 e. The van der Waals surface area contributed by atoms with Crippen LogP contribution >= 0.6 is 0 Å².